The maximum atomic E-state index is 12.7. The zero-order valence-electron chi connectivity index (χ0n) is 14.4. The number of likely N-dealkylation sites (tertiary alicyclic amines) is 1. The average molecular weight is 359 g/mol. The Bertz CT molecular complexity index is 735. The predicted octanol–water partition coefficient (Wildman–Crippen LogP) is 4.20. The van der Waals surface area contributed by atoms with Crippen molar-refractivity contribution < 1.29 is 9.53 Å². The van der Waals surface area contributed by atoms with E-state index in [1.54, 1.807) is 7.11 Å². The number of amides is 1. The van der Waals surface area contributed by atoms with Gasteiger partial charge in [-0.1, -0.05) is 41.9 Å². The van der Waals surface area contributed by atoms with Crippen molar-refractivity contribution in [2.75, 3.05) is 25.5 Å². The normalized spacial score (nSPS) is 17.9. The molecule has 1 fully saturated rings. The first-order chi connectivity index (χ1) is 12.2. The predicted molar refractivity (Wildman–Crippen MR) is 101 cm³/mol. The van der Waals surface area contributed by atoms with E-state index in [0.29, 0.717) is 5.75 Å². The maximum Gasteiger partial charge on any atom is 0.228 e. The number of rotatable bonds is 5. The summed E-state index contributed by atoms with van der Waals surface area (Å²) in [5.74, 6) is 0.703. The lowest BCUT2D eigenvalue weighted by Crippen LogP contribution is -2.40. The Morgan fingerprint density at radius 3 is 2.80 bits per heavy atom. The van der Waals surface area contributed by atoms with Crippen molar-refractivity contribution in [1.29, 1.82) is 0 Å². The summed E-state index contributed by atoms with van der Waals surface area (Å²) in [4.78, 5) is 15.0. The maximum absolute atomic E-state index is 12.7. The molecule has 0 bridgehead atoms. The number of hydrogen-bond acceptors (Lipinski definition) is 3. The number of para-hydroxylation sites is 2. The third kappa shape index (κ3) is 4.53. The number of carbonyl (C=O) groups excluding carboxylic acids is 1. The molecule has 3 rings (SSSR count). The lowest BCUT2D eigenvalue weighted by molar-refractivity contribution is -0.121. The van der Waals surface area contributed by atoms with E-state index < -0.39 is 0 Å². The zero-order chi connectivity index (χ0) is 17.6. The number of nitrogens with one attached hydrogen (secondary N) is 1. The Hall–Kier alpha value is -2.04. The molecule has 1 atom stereocenters. The van der Waals surface area contributed by atoms with Gasteiger partial charge in [0.05, 0.1) is 18.7 Å². The molecule has 1 saturated heterocycles. The molecule has 25 heavy (non-hydrogen) atoms. The monoisotopic (exact) mass is 358 g/mol. The Morgan fingerprint density at radius 2 is 2.00 bits per heavy atom. The van der Waals surface area contributed by atoms with Gasteiger partial charge in [-0.2, -0.15) is 0 Å². The Labute approximate surface area is 153 Å². The highest BCUT2D eigenvalue weighted by molar-refractivity contribution is 6.31. The van der Waals surface area contributed by atoms with Gasteiger partial charge in [-0.3, -0.25) is 9.69 Å². The first kappa shape index (κ1) is 17.8. The first-order valence-electron chi connectivity index (χ1n) is 8.57. The van der Waals surface area contributed by atoms with E-state index in [9.17, 15) is 4.79 Å². The number of carbonyl (C=O) groups is 1. The van der Waals surface area contributed by atoms with Crippen molar-refractivity contribution >= 4 is 23.2 Å². The van der Waals surface area contributed by atoms with Crippen LogP contribution in [0.25, 0.3) is 0 Å². The molecule has 5 heteroatoms. The molecule has 1 aliphatic heterocycles. The van der Waals surface area contributed by atoms with Gasteiger partial charge in [-0.05, 0) is 43.1 Å². The van der Waals surface area contributed by atoms with Gasteiger partial charge in [0.2, 0.25) is 5.91 Å². The summed E-state index contributed by atoms with van der Waals surface area (Å²) in [6, 6.07) is 15.4. The van der Waals surface area contributed by atoms with Crippen molar-refractivity contribution in [3.05, 3.63) is 59.1 Å². The summed E-state index contributed by atoms with van der Waals surface area (Å²) in [5.41, 5.74) is 1.83. The zero-order valence-corrected chi connectivity index (χ0v) is 15.1. The molecule has 1 N–H and O–H groups in total. The average Bonchev–Trinajstić information content (AvgIpc) is 2.64. The lowest BCUT2D eigenvalue weighted by Gasteiger charge is -2.32. The van der Waals surface area contributed by atoms with Crippen LogP contribution in [0.1, 0.15) is 18.4 Å². The van der Waals surface area contributed by atoms with Crippen LogP contribution < -0.4 is 10.1 Å². The summed E-state index contributed by atoms with van der Waals surface area (Å²) in [6.07, 6.45) is 1.91. The molecule has 1 heterocycles. The molecule has 0 aliphatic carbocycles. The summed E-state index contributed by atoms with van der Waals surface area (Å²) in [7, 11) is 1.61. The lowest BCUT2D eigenvalue weighted by atomic mass is 9.96. The number of hydrogen-bond donors (Lipinski definition) is 1. The van der Waals surface area contributed by atoms with Crippen LogP contribution >= 0.6 is 11.6 Å². The largest absolute Gasteiger partial charge is 0.495 e. The standard InChI is InChI=1S/C20H23ClN2O2/c1-25-19-11-5-4-10-18(19)22-20(24)16-8-6-12-23(14-16)13-15-7-2-3-9-17(15)21/h2-5,7,9-11,16H,6,8,12-14H2,1H3,(H,22,24)/t16-/m1/s1. The molecule has 1 amide bonds. The third-order valence-corrected chi connectivity index (χ3v) is 4.96. The van der Waals surface area contributed by atoms with Gasteiger partial charge in [0.1, 0.15) is 5.75 Å². The van der Waals surface area contributed by atoms with E-state index in [2.05, 4.69) is 10.2 Å². The number of methoxy groups -OCH3 is 1. The summed E-state index contributed by atoms with van der Waals surface area (Å²) in [5, 5.41) is 3.79. The van der Waals surface area contributed by atoms with Crippen LogP contribution in [0, 0.1) is 5.92 Å². The van der Waals surface area contributed by atoms with Gasteiger partial charge >= 0.3 is 0 Å². The fraction of sp³-hybridized carbons (Fsp3) is 0.350. The quantitative estimate of drug-likeness (QED) is 0.870. The SMILES string of the molecule is COc1ccccc1NC(=O)[C@@H]1CCCN(Cc2ccccc2Cl)C1. The van der Waals surface area contributed by atoms with Crippen molar-refractivity contribution in [2.45, 2.75) is 19.4 Å². The summed E-state index contributed by atoms with van der Waals surface area (Å²) < 4.78 is 5.31. The number of anilines is 1. The minimum atomic E-state index is -0.0267. The first-order valence-corrected chi connectivity index (χ1v) is 8.95. The van der Waals surface area contributed by atoms with Crippen LogP contribution in [-0.4, -0.2) is 31.0 Å². The molecular weight excluding hydrogens is 336 g/mol. The molecule has 0 spiro atoms. The molecule has 0 saturated carbocycles. The highest BCUT2D eigenvalue weighted by atomic mass is 35.5. The van der Waals surface area contributed by atoms with Crippen molar-refractivity contribution in [2.24, 2.45) is 5.92 Å². The highest BCUT2D eigenvalue weighted by Crippen LogP contribution is 2.26. The van der Waals surface area contributed by atoms with Crippen LogP contribution in [0.15, 0.2) is 48.5 Å². The second-order valence-corrected chi connectivity index (χ2v) is 6.76. The molecule has 4 nitrogen and oxygen atoms in total. The van der Waals surface area contributed by atoms with Gasteiger partial charge in [-0.15, -0.1) is 0 Å². The fourth-order valence-corrected chi connectivity index (χ4v) is 3.46. The van der Waals surface area contributed by atoms with Crippen LogP contribution in [-0.2, 0) is 11.3 Å². The van der Waals surface area contributed by atoms with Gasteiger partial charge in [0, 0.05) is 18.1 Å². The van der Waals surface area contributed by atoms with Gasteiger partial charge in [0.15, 0.2) is 0 Å². The van der Waals surface area contributed by atoms with E-state index in [1.807, 2.05) is 48.5 Å². The van der Waals surface area contributed by atoms with E-state index >= 15 is 0 Å². The van der Waals surface area contributed by atoms with Crippen LogP contribution in [0.2, 0.25) is 5.02 Å². The summed E-state index contributed by atoms with van der Waals surface area (Å²) >= 11 is 6.26. The number of nitrogens with zero attached hydrogens (tertiary/aromatic N) is 1. The van der Waals surface area contributed by atoms with Gasteiger partial charge in [-0.25, -0.2) is 0 Å². The molecule has 1 aliphatic rings. The fourth-order valence-electron chi connectivity index (χ4n) is 3.26. The third-order valence-electron chi connectivity index (χ3n) is 4.59. The molecule has 132 valence electrons. The Morgan fingerprint density at radius 1 is 1.24 bits per heavy atom. The van der Waals surface area contributed by atoms with Gasteiger partial charge in [0.25, 0.3) is 0 Å². The Kier molecular flexibility index (Phi) is 5.95. The second-order valence-electron chi connectivity index (χ2n) is 6.36. The molecule has 2 aromatic rings. The van der Waals surface area contributed by atoms with Crippen LogP contribution in [0.4, 0.5) is 5.69 Å². The molecule has 0 aromatic heterocycles. The van der Waals surface area contributed by atoms with Crippen LogP contribution in [0.3, 0.4) is 0 Å². The van der Waals surface area contributed by atoms with Gasteiger partial charge < -0.3 is 10.1 Å². The molecule has 0 radical (unpaired) electrons. The minimum absolute atomic E-state index is 0.0267. The van der Waals surface area contributed by atoms with E-state index in [-0.39, 0.29) is 11.8 Å². The second kappa shape index (κ2) is 8.37. The number of benzene rings is 2. The molecule has 0 unspecified atom stereocenters. The van der Waals surface area contributed by atoms with Crippen molar-refractivity contribution in [3.63, 3.8) is 0 Å². The van der Waals surface area contributed by atoms with E-state index in [1.165, 1.54) is 0 Å². The van der Waals surface area contributed by atoms with E-state index in [0.717, 1.165) is 48.7 Å². The Balaban J connectivity index is 1.63. The van der Waals surface area contributed by atoms with E-state index in [4.69, 9.17) is 16.3 Å². The molecular formula is C20H23ClN2O2. The topological polar surface area (TPSA) is 41.6 Å². The summed E-state index contributed by atoms with van der Waals surface area (Å²) in [6.45, 7) is 2.51. The van der Waals surface area contributed by atoms with Crippen molar-refractivity contribution in [1.82, 2.24) is 4.90 Å². The highest BCUT2D eigenvalue weighted by Gasteiger charge is 2.26. The minimum Gasteiger partial charge on any atom is -0.495 e. The van der Waals surface area contributed by atoms with Crippen molar-refractivity contribution in [3.8, 4) is 5.75 Å². The number of ether oxygens (including phenoxy) is 1. The number of piperidine rings is 1. The van der Waals surface area contributed by atoms with Crippen LogP contribution in [0.5, 0.6) is 5.75 Å². The molecule has 2 aromatic carbocycles. The smallest absolute Gasteiger partial charge is 0.228 e. The number of halogens is 1.